The highest BCUT2D eigenvalue weighted by Gasteiger charge is 2.30. The van der Waals surface area contributed by atoms with Gasteiger partial charge in [-0.15, -0.1) is 0 Å². The summed E-state index contributed by atoms with van der Waals surface area (Å²) in [4.78, 5) is 73.7. The van der Waals surface area contributed by atoms with Crippen LogP contribution in [-0.4, -0.2) is 91.5 Å². The van der Waals surface area contributed by atoms with Gasteiger partial charge >= 0.3 is 11.9 Å². The molecule has 0 bridgehead atoms. The summed E-state index contributed by atoms with van der Waals surface area (Å²) in [7, 11) is 0. The van der Waals surface area contributed by atoms with Crippen LogP contribution in [0, 0.1) is 0 Å². The van der Waals surface area contributed by atoms with Gasteiger partial charge in [0.2, 0.25) is 0 Å². The first kappa shape index (κ1) is 79.5. The van der Waals surface area contributed by atoms with Crippen molar-refractivity contribution >= 4 is 67.1 Å². The van der Waals surface area contributed by atoms with Crippen LogP contribution in [0.2, 0.25) is 0 Å². The second-order valence-corrected chi connectivity index (χ2v) is 32.6. The van der Waals surface area contributed by atoms with E-state index in [0.29, 0.717) is 19.4 Å². The van der Waals surface area contributed by atoms with Crippen LogP contribution in [0.3, 0.4) is 0 Å². The molecule has 0 saturated carbocycles. The molecule has 6 aromatic heterocycles. The van der Waals surface area contributed by atoms with Crippen molar-refractivity contribution in [1.29, 1.82) is 0 Å². The molecule has 6 heterocycles. The summed E-state index contributed by atoms with van der Waals surface area (Å²) in [6.45, 7) is 14.5. The number of ketones is 2. The number of aromatic amines is 4. The van der Waals surface area contributed by atoms with Crippen molar-refractivity contribution in [3.63, 3.8) is 0 Å². The SMILES string of the molecule is CC(C)Oc1ccc(-c2ccc3c4c([nH]c3c2)-c2cc(O)c(C(=O)O)cc2CC4)cc1.CCCCc1ccc(-c2ccc3c4c([nH]c3c2)-c2ccc(CC(C)=O)cc2C4)nc1.CCCOc1ccc(-c2ccc3c4c([nH]c3c2)-c2cc(O)c(C(=O)O)cc2CC4)cc1.CCCc1cnc(-c2ccc3c4c([nH]c3c2)-c2ccc(CC(C)=O)cc2C4)nc1. The van der Waals surface area contributed by atoms with Crippen LogP contribution in [-0.2, 0) is 73.8 Å². The molecule has 4 aliphatic carbocycles. The Bertz CT molecular complexity index is 6720. The van der Waals surface area contributed by atoms with Gasteiger partial charge in [0, 0.05) is 121 Å². The summed E-state index contributed by atoms with van der Waals surface area (Å²) < 4.78 is 11.4. The molecule has 0 atom stereocenters. The third-order valence-corrected chi connectivity index (χ3v) is 23.5. The zero-order valence-corrected chi connectivity index (χ0v) is 69.0. The number of rotatable bonds is 20. The van der Waals surface area contributed by atoms with E-state index in [1.165, 1.54) is 90.6 Å². The molecule has 0 aliphatic heterocycles. The number of carbonyl (C=O) groups excluding carboxylic acids is 2. The Balaban J connectivity index is 0.000000115. The number of H-pyrrole nitrogens is 4. The third-order valence-electron chi connectivity index (χ3n) is 23.5. The van der Waals surface area contributed by atoms with Gasteiger partial charge < -0.3 is 49.8 Å². The van der Waals surface area contributed by atoms with Crippen molar-refractivity contribution in [2.45, 2.75) is 144 Å². The predicted molar refractivity (Wildman–Crippen MR) is 481 cm³/mol. The van der Waals surface area contributed by atoms with Gasteiger partial charge in [0.15, 0.2) is 5.82 Å². The molecule has 0 spiro atoms. The number of hydrogen-bond donors (Lipinski definition) is 8. The molecule has 0 radical (unpaired) electrons. The molecule has 20 rings (SSSR count). The van der Waals surface area contributed by atoms with E-state index in [2.05, 4.69) is 196 Å². The Morgan fingerprint density at radius 2 is 0.826 bits per heavy atom. The quantitative estimate of drug-likeness (QED) is 0.0353. The van der Waals surface area contributed by atoms with Crippen molar-refractivity contribution in [2.75, 3.05) is 6.61 Å². The molecule has 8 N–H and O–H groups in total. The maximum Gasteiger partial charge on any atom is 0.339 e. The molecule has 0 saturated heterocycles. The number of nitrogens with one attached hydrogen (secondary N) is 4. The number of aromatic hydroxyl groups is 2. The van der Waals surface area contributed by atoms with E-state index in [1.807, 2.05) is 56.7 Å². The number of nitrogens with zero attached hydrogens (tertiary/aromatic N) is 3. The van der Waals surface area contributed by atoms with Gasteiger partial charge in [-0.1, -0.05) is 149 Å². The number of carboxylic acid groups (broad SMARTS) is 2. The zero-order valence-electron chi connectivity index (χ0n) is 69.0. The van der Waals surface area contributed by atoms with Gasteiger partial charge in [0.25, 0.3) is 0 Å². The smallest absolute Gasteiger partial charge is 0.339 e. The van der Waals surface area contributed by atoms with Crippen molar-refractivity contribution < 1.29 is 49.1 Å². The number of ether oxygens (including phenoxy) is 2. The first-order valence-corrected chi connectivity index (χ1v) is 42.0. The molecule has 17 heteroatoms. The summed E-state index contributed by atoms with van der Waals surface area (Å²) in [5.41, 5.74) is 34.7. The highest BCUT2D eigenvalue weighted by Crippen LogP contribution is 2.47. The fourth-order valence-electron chi connectivity index (χ4n) is 17.8. The molecule has 10 aromatic carbocycles. The first-order valence-electron chi connectivity index (χ1n) is 42.0. The summed E-state index contributed by atoms with van der Waals surface area (Å²) in [5.74, 6) is 0.254. The fourth-order valence-corrected chi connectivity index (χ4v) is 17.8. The lowest BCUT2D eigenvalue weighted by molar-refractivity contribution is -0.117. The van der Waals surface area contributed by atoms with E-state index < -0.39 is 11.9 Å². The van der Waals surface area contributed by atoms with Crippen LogP contribution in [0.25, 0.3) is 134 Å². The van der Waals surface area contributed by atoms with Gasteiger partial charge in [-0.25, -0.2) is 19.6 Å². The highest BCUT2D eigenvalue weighted by atomic mass is 16.5. The van der Waals surface area contributed by atoms with E-state index in [4.69, 9.17) is 14.5 Å². The third kappa shape index (κ3) is 16.4. The standard InChI is InChI=1S/C27H26N2O.2C26H23NO4.C25H23N3O/c1-3-4-5-18-7-11-25(28-16-18)20-8-10-23-24-14-21-13-19(12-17(2)30)6-9-22(21)27(24)29-26(23)15-20;1-14(2)31-18-7-3-15(4-8-18)16-5-9-19-20-10-6-17-11-22(26(29)30)24(28)13-21(17)25(20)27-23(19)12-16;1-2-11-31-18-7-3-15(4-8-18)16-5-9-19-20-10-6-17-12-22(26(29)30)24(28)14-21(17)25(20)27-23(19)13-16;1-3-4-17-13-26-25(27-14-17)18-6-8-21-22-11-19-10-16(9-15(2)29)5-7-20(19)24(22)28-23(21)12-18/h6-11,13,15-16,29H,3-5,12,14H2,1-2H3;3-5,7-9,11-14,27-28H,6,10H2,1-2H3,(H,29,30);3-5,7-9,12-14,27-28H,2,6,10-11H2,1H3,(H,29,30);5-8,10,12-14,28H,3-4,9,11H2,1-2H3. The van der Waals surface area contributed by atoms with Crippen molar-refractivity contribution in [3.8, 4) is 113 Å². The number of carbonyl (C=O) groups is 4. The summed E-state index contributed by atoms with van der Waals surface area (Å²) >= 11 is 0. The lowest BCUT2D eigenvalue weighted by Crippen LogP contribution is -2.06. The topological polar surface area (TPSA) is 269 Å². The van der Waals surface area contributed by atoms with Crippen LogP contribution >= 0.6 is 0 Å². The Hall–Kier alpha value is -13.9. The number of unbranched alkanes of at least 4 members (excludes halogenated alkanes) is 1. The van der Waals surface area contributed by atoms with Crippen LogP contribution in [0.15, 0.2) is 213 Å². The largest absolute Gasteiger partial charge is 0.507 e. The average molecular weight is 1600 g/mol. The van der Waals surface area contributed by atoms with Gasteiger partial charge in [0.1, 0.15) is 45.7 Å². The summed E-state index contributed by atoms with van der Waals surface area (Å²) in [6.07, 6.45) is 18.6. The summed E-state index contributed by atoms with van der Waals surface area (Å²) in [6, 6.07) is 65.5. The monoisotopic (exact) mass is 1600 g/mol. The first-order chi connectivity index (χ1) is 58.7. The molecule has 121 heavy (non-hydrogen) atoms. The molecule has 0 amide bonds. The zero-order chi connectivity index (χ0) is 83.9. The van der Waals surface area contributed by atoms with Gasteiger partial charge in [0.05, 0.1) is 41.2 Å². The van der Waals surface area contributed by atoms with Crippen molar-refractivity contribution in [1.82, 2.24) is 34.9 Å². The van der Waals surface area contributed by atoms with E-state index in [-0.39, 0.29) is 40.3 Å². The number of carboxylic acids is 2. The Kier molecular flexibility index (Phi) is 22.2. The van der Waals surface area contributed by atoms with Gasteiger partial charge in [-0.3, -0.25) is 14.6 Å². The number of aryl methyl sites for hydroxylation is 6. The molecule has 606 valence electrons. The molecule has 0 fully saturated rings. The lowest BCUT2D eigenvalue weighted by atomic mass is 9.87. The van der Waals surface area contributed by atoms with E-state index >= 15 is 0 Å². The minimum Gasteiger partial charge on any atom is -0.507 e. The van der Waals surface area contributed by atoms with E-state index in [1.54, 1.807) is 38.1 Å². The number of Topliss-reactive ketones (excluding diaryl/α,β-unsaturated/α-hetero) is 2. The van der Waals surface area contributed by atoms with Crippen molar-refractivity contribution in [2.24, 2.45) is 0 Å². The lowest BCUT2D eigenvalue weighted by Gasteiger charge is -2.18. The number of hydrogen-bond acceptors (Lipinski definition) is 11. The second-order valence-electron chi connectivity index (χ2n) is 32.6. The van der Waals surface area contributed by atoms with E-state index in [0.717, 1.165) is 198 Å². The van der Waals surface area contributed by atoms with Crippen LogP contribution in [0.1, 0.15) is 162 Å². The molecule has 0 unspecified atom stereocenters. The minimum absolute atomic E-state index is 0.0491. The molecular weight excluding hydrogens is 1510 g/mol. The molecule has 17 nitrogen and oxygen atoms in total. The molecule has 4 aliphatic rings. The highest BCUT2D eigenvalue weighted by molar-refractivity contribution is 6.01. The Labute approximate surface area is 701 Å². The Morgan fingerprint density at radius 1 is 0.397 bits per heavy atom. The van der Waals surface area contributed by atoms with Crippen LogP contribution in [0.4, 0.5) is 0 Å². The molecule has 16 aromatic rings. The predicted octanol–water partition coefficient (Wildman–Crippen LogP) is 23.1. The maximum absolute atomic E-state index is 11.5. The fraction of sp³-hybridized carbons (Fsp3) is 0.221. The van der Waals surface area contributed by atoms with Crippen LogP contribution < -0.4 is 9.47 Å². The van der Waals surface area contributed by atoms with Crippen molar-refractivity contribution in [3.05, 3.63) is 291 Å². The van der Waals surface area contributed by atoms with Gasteiger partial charge in [-0.2, -0.15) is 0 Å². The van der Waals surface area contributed by atoms with Crippen LogP contribution in [0.5, 0.6) is 23.0 Å². The minimum atomic E-state index is -1.11. The molecular formula is C104H95N7O10. The number of pyridine rings is 1. The van der Waals surface area contributed by atoms with E-state index in [9.17, 15) is 39.6 Å². The Morgan fingerprint density at radius 3 is 1.27 bits per heavy atom. The number of fused-ring (bicyclic) bond motifs is 20. The summed E-state index contributed by atoms with van der Waals surface area (Å²) in [5, 5.41) is 43.8. The maximum atomic E-state index is 11.5. The number of benzene rings is 10. The van der Waals surface area contributed by atoms with Gasteiger partial charge in [-0.05, 0) is 247 Å². The average Bonchev–Trinajstić information content (AvgIpc) is 1.59. The second kappa shape index (κ2) is 33.8. The number of aromatic carboxylic acids is 2. The number of phenols is 2. The normalized spacial score (nSPS) is 12.4. The number of aromatic nitrogens is 7.